The molecule has 0 unspecified atom stereocenters. The molecule has 0 rings (SSSR count). The summed E-state index contributed by atoms with van der Waals surface area (Å²) < 4.78 is 0. The molecule has 0 heterocycles. The molecule has 0 radical (unpaired) electrons. The maximum atomic E-state index is 5.06. The van der Waals surface area contributed by atoms with Gasteiger partial charge in [-0.15, -0.1) is 0 Å². The molecule has 50 valence electrons. The molecule has 0 aromatic carbocycles. The maximum Gasteiger partial charge on any atom is 0.0348 e. The average Bonchev–Trinajstić information content (AvgIpc) is 1.88. The van der Waals surface area contributed by atoms with Gasteiger partial charge in [-0.05, 0) is 5.57 Å². The largest absolute Gasteiger partial charge is 0.271 e. The number of rotatable bonds is 4. The molecular weight excluding hydrogens is 112 g/mol. The Bertz CT molecular complexity index is 125. The molecule has 0 fully saturated rings. The predicted octanol–water partition coefficient (Wildman–Crippen LogP) is 0.748. The second kappa shape index (κ2) is 5.28. The summed E-state index contributed by atoms with van der Waals surface area (Å²) in [5.74, 6) is 5.06. The second-order valence-electron chi connectivity index (χ2n) is 1.56. The molecule has 0 aliphatic heterocycles. The summed E-state index contributed by atoms with van der Waals surface area (Å²) in [4.78, 5) is 0. The van der Waals surface area contributed by atoms with E-state index in [0.29, 0.717) is 6.54 Å². The maximum absolute atomic E-state index is 5.06. The SMILES string of the molecule is C=C/C=C(\C=C)CNN. The van der Waals surface area contributed by atoms with Gasteiger partial charge in [0.15, 0.2) is 0 Å². The first-order valence-electron chi connectivity index (χ1n) is 2.72. The Kier molecular flexibility index (Phi) is 4.78. The lowest BCUT2D eigenvalue weighted by molar-refractivity contribution is 0.806. The fourth-order valence-corrected chi connectivity index (χ4v) is 0.468. The highest BCUT2D eigenvalue weighted by Crippen LogP contribution is 1.91. The van der Waals surface area contributed by atoms with Crippen LogP contribution in [0.5, 0.6) is 0 Å². The Hall–Kier alpha value is -0.860. The van der Waals surface area contributed by atoms with Crippen molar-refractivity contribution in [1.82, 2.24) is 5.43 Å². The second-order valence-corrected chi connectivity index (χ2v) is 1.56. The van der Waals surface area contributed by atoms with Gasteiger partial charge in [-0.1, -0.05) is 31.4 Å². The summed E-state index contributed by atoms with van der Waals surface area (Å²) in [5.41, 5.74) is 3.55. The molecule has 0 amide bonds. The lowest BCUT2D eigenvalue weighted by Gasteiger charge is -1.96. The third kappa shape index (κ3) is 3.70. The molecule has 2 nitrogen and oxygen atoms in total. The Labute approximate surface area is 55.7 Å². The highest BCUT2D eigenvalue weighted by molar-refractivity contribution is 5.21. The minimum atomic E-state index is 0.634. The molecule has 0 aromatic heterocycles. The van der Waals surface area contributed by atoms with E-state index in [-0.39, 0.29) is 0 Å². The Morgan fingerprint density at radius 2 is 2.22 bits per heavy atom. The molecule has 0 bridgehead atoms. The minimum absolute atomic E-state index is 0.634. The van der Waals surface area contributed by atoms with Gasteiger partial charge in [-0.2, -0.15) is 0 Å². The Balaban J connectivity index is 3.80. The van der Waals surface area contributed by atoms with Crippen molar-refractivity contribution in [2.75, 3.05) is 6.54 Å². The smallest absolute Gasteiger partial charge is 0.0348 e. The molecule has 0 spiro atoms. The summed E-state index contributed by atoms with van der Waals surface area (Å²) in [6.45, 7) is 7.76. The fraction of sp³-hybridized carbons (Fsp3) is 0.143. The van der Waals surface area contributed by atoms with E-state index in [1.807, 2.05) is 6.08 Å². The van der Waals surface area contributed by atoms with Crippen molar-refractivity contribution >= 4 is 0 Å². The van der Waals surface area contributed by atoms with Crippen LogP contribution >= 0.6 is 0 Å². The zero-order chi connectivity index (χ0) is 7.11. The molecule has 9 heavy (non-hydrogen) atoms. The number of nitrogens with one attached hydrogen (secondary N) is 1. The van der Waals surface area contributed by atoms with Crippen LogP contribution in [0.1, 0.15) is 0 Å². The van der Waals surface area contributed by atoms with Gasteiger partial charge in [0.1, 0.15) is 0 Å². The molecule has 0 aromatic rings. The van der Waals surface area contributed by atoms with Crippen LogP contribution in [0.2, 0.25) is 0 Å². The van der Waals surface area contributed by atoms with Gasteiger partial charge in [-0.3, -0.25) is 11.3 Å². The lowest BCUT2D eigenvalue weighted by Crippen LogP contribution is -2.23. The van der Waals surface area contributed by atoms with Crippen LogP contribution in [-0.4, -0.2) is 6.54 Å². The predicted molar refractivity (Wildman–Crippen MR) is 40.7 cm³/mol. The van der Waals surface area contributed by atoms with Crippen LogP contribution in [0.25, 0.3) is 0 Å². The third-order valence-corrected chi connectivity index (χ3v) is 0.900. The van der Waals surface area contributed by atoms with Gasteiger partial charge in [0.25, 0.3) is 0 Å². The van der Waals surface area contributed by atoms with Crippen molar-refractivity contribution in [3.63, 3.8) is 0 Å². The summed E-state index contributed by atoms with van der Waals surface area (Å²) in [7, 11) is 0. The zero-order valence-electron chi connectivity index (χ0n) is 5.43. The van der Waals surface area contributed by atoms with Crippen LogP contribution in [0, 0.1) is 0 Å². The standard InChI is InChI=1S/C7H12N2/c1-3-5-7(4-2)6-9-8/h3-5,9H,1-2,6,8H2/b7-5+. The molecule has 2 heteroatoms. The van der Waals surface area contributed by atoms with Gasteiger partial charge >= 0.3 is 0 Å². The van der Waals surface area contributed by atoms with E-state index in [2.05, 4.69) is 18.6 Å². The quantitative estimate of drug-likeness (QED) is 0.329. The van der Waals surface area contributed by atoms with Crippen molar-refractivity contribution in [2.45, 2.75) is 0 Å². The van der Waals surface area contributed by atoms with E-state index in [1.54, 1.807) is 12.2 Å². The van der Waals surface area contributed by atoms with Gasteiger partial charge < -0.3 is 0 Å². The van der Waals surface area contributed by atoms with E-state index in [9.17, 15) is 0 Å². The van der Waals surface area contributed by atoms with E-state index in [1.165, 1.54) is 0 Å². The van der Waals surface area contributed by atoms with Gasteiger partial charge in [0, 0.05) is 6.54 Å². The number of hydrazine groups is 1. The van der Waals surface area contributed by atoms with Crippen molar-refractivity contribution in [1.29, 1.82) is 0 Å². The topological polar surface area (TPSA) is 38.0 Å². The van der Waals surface area contributed by atoms with E-state index < -0.39 is 0 Å². The van der Waals surface area contributed by atoms with Crippen molar-refractivity contribution < 1.29 is 0 Å². The summed E-state index contributed by atoms with van der Waals surface area (Å²) in [6, 6.07) is 0. The minimum Gasteiger partial charge on any atom is -0.271 e. The van der Waals surface area contributed by atoms with Crippen LogP contribution < -0.4 is 11.3 Å². The Morgan fingerprint density at radius 3 is 2.56 bits per heavy atom. The number of hydrogen-bond acceptors (Lipinski definition) is 2. The Morgan fingerprint density at radius 1 is 1.56 bits per heavy atom. The monoisotopic (exact) mass is 124 g/mol. The number of allylic oxidation sites excluding steroid dienone is 2. The van der Waals surface area contributed by atoms with Crippen LogP contribution in [0.15, 0.2) is 37.0 Å². The van der Waals surface area contributed by atoms with Crippen LogP contribution in [0.3, 0.4) is 0 Å². The zero-order valence-corrected chi connectivity index (χ0v) is 5.43. The normalized spacial score (nSPS) is 11.0. The number of hydrogen-bond donors (Lipinski definition) is 2. The van der Waals surface area contributed by atoms with E-state index in [4.69, 9.17) is 5.84 Å². The lowest BCUT2D eigenvalue weighted by atomic mass is 10.2. The molecule has 0 saturated heterocycles. The number of nitrogens with two attached hydrogens (primary N) is 1. The van der Waals surface area contributed by atoms with Gasteiger partial charge in [0.2, 0.25) is 0 Å². The third-order valence-electron chi connectivity index (χ3n) is 0.900. The average molecular weight is 124 g/mol. The van der Waals surface area contributed by atoms with Crippen molar-refractivity contribution in [2.24, 2.45) is 5.84 Å². The first-order chi connectivity index (χ1) is 4.35. The highest BCUT2D eigenvalue weighted by Gasteiger charge is 1.83. The summed E-state index contributed by atoms with van der Waals surface area (Å²) >= 11 is 0. The first-order valence-corrected chi connectivity index (χ1v) is 2.72. The van der Waals surface area contributed by atoms with E-state index >= 15 is 0 Å². The molecule has 0 saturated carbocycles. The van der Waals surface area contributed by atoms with Gasteiger partial charge in [-0.25, -0.2) is 0 Å². The summed E-state index contributed by atoms with van der Waals surface area (Å²) in [5, 5.41) is 0. The molecular formula is C7H12N2. The fourth-order valence-electron chi connectivity index (χ4n) is 0.468. The first kappa shape index (κ1) is 8.14. The molecule has 0 aliphatic carbocycles. The highest BCUT2D eigenvalue weighted by atomic mass is 15.2. The summed E-state index contributed by atoms with van der Waals surface area (Å²) in [6.07, 6.45) is 5.29. The van der Waals surface area contributed by atoms with Crippen LogP contribution in [0.4, 0.5) is 0 Å². The van der Waals surface area contributed by atoms with E-state index in [0.717, 1.165) is 5.57 Å². The molecule has 0 atom stereocenters. The molecule has 0 aliphatic rings. The van der Waals surface area contributed by atoms with Gasteiger partial charge in [0.05, 0.1) is 0 Å². The van der Waals surface area contributed by atoms with Crippen molar-refractivity contribution in [3.8, 4) is 0 Å². The molecule has 3 N–H and O–H groups in total. The van der Waals surface area contributed by atoms with Crippen LogP contribution in [-0.2, 0) is 0 Å². The van der Waals surface area contributed by atoms with Crippen molar-refractivity contribution in [3.05, 3.63) is 37.0 Å².